The molecule has 0 amide bonds. The van der Waals surface area contributed by atoms with Crippen LogP contribution in [-0.4, -0.2) is 50.6 Å². The number of nitrogen functional groups attached to an aromatic ring is 1. The van der Waals surface area contributed by atoms with Crippen LogP contribution in [0.1, 0.15) is 37.8 Å². The van der Waals surface area contributed by atoms with Crippen molar-refractivity contribution < 1.29 is 8.42 Å². The molecule has 0 radical (unpaired) electrons. The number of anilines is 1. The molecule has 182 valence electrons. The van der Waals surface area contributed by atoms with Crippen molar-refractivity contribution in [3.05, 3.63) is 52.9 Å². The van der Waals surface area contributed by atoms with E-state index >= 15 is 0 Å². The summed E-state index contributed by atoms with van der Waals surface area (Å²) in [6.45, 7) is 1.25. The second-order valence-corrected chi connectivity index (χ2v) is 12.6. The van der Waals surface area contributed by atoms with Crippen molar-refractivity contribution in [3.8, 4) is 11.1 Å². The highest BCUT2D eigenvalue weighted by Gasteiger charge is 2.41. The summed E-state index contributed by atoms with van der Waals surface area (Å²) in [4.78, 5) is 9.55. The van der Waals surface area contributed by atoms with Crippen LogP contribution in [0.5, 0.6) is 0 Å². The number of para-hydroxylation sites is 1. The van der Waals surface area contributed by atoms with Crippen molar-refractivity contribution in [1.82, 2.24) is 23.9 Å². The Morgan fingerprint density at radius 3 is 2.63 bits per heavy atom. The van der Waals surface area contributed by atoms with Crippen LogP contribution in [-0.2, 0) is 16.4 Å². The first-order valence-corrected chi connectivity index (χ1v) is 14.4. The van der Waals surface area contributed by atoms with Crippen molar-refractivity contribution in [2.24, 2.45) is 5.92 Å². The molecule has 1 saturated carbocycles. The highest BCUT2D eigenvalue weighted by molar-refractivity contribution is 9.10. The van der Waals surface area contributed by atoms with E-state index in [2.05, 4.69) is 32.1 Å². The van der Waals surface area contributed by atoms with Crippen LogP contribution < -0.4 is 5.73 Å². The van der Waals surface area contributed by atoms with E-state index in [-0.39, 0.29) is 5.25 Å². The molecule has 6 rings (SSSR count). The molecule has 0 spiro atoms. The molecule has 0 atom stereocenters. The summed E-state index contributed by atoms with van der Waals surface area (Å²) in [7, 11) is -3.07. The summed E-state index contributed by atoms with van der Waals surface area (Å²) < 4.78 is 29.2. The lowest BCUT2D eigenvalue weighted by molar-refractivity contribution is 0.263. The first kappa shape index (κ1) is 22.9. The maximum absolute atomic E-state index is 12.5. The van der Waals surface area contributed by atoms with Gasteiger partial charge in [-0.3, -0.25) is 4.98 Å². The van der Waals surface area contributed by atoms with Crippen LogP contribution in [0.25, 0.3) is 27.7 Å². The van der Waals surface area contributed by atoms with Gasteiger partial charge in [-0.1, -0.05) is 18.2 Å². The average Bonchev–Trinajstić information content (AvgIpc) is 3.66. The Hall–Kier alpha value is -2.56. The molecule has 1 aromatic carbocycles. The molecule has 35 heavy (non-hydrogen) atoms. The molecule has 1 saturated heterocycles. The highest BCUT2D eigenvalue weighted by atomic mass is 79.9. The number of rotatable bonds is 6. The van der Waals surface area contributed by atoms with E-state index < -0.39 is 10.0 Å². The first-order valence-electron chi connectivity index (χ1n) is 12.1. The quantitative estimate of drug-likeness (QED) is 0.378. The minimum Gasteiger partial charge on any atom is -0.383 e. The Bertz CT molecular complexity index is 1520. The third-order valence-electron chi connectivity index (χ3n) is 7.26. The third kappa shape index (κ3) is 4.21. The van der Waals surface area contributed by atoms with Gasteiger partial charge in [-0.2, -0.15) is 9.61 Å². The van der Waals surface area contributed by atoms with Crippen LogP contribution in [0.2, 0.25) is 0 Å². The van der Waals surface area contributed by atoms with Crippen molar-refractivity contribution in [3.63, 3.8) is 0 Å². The Balaban J connectivity index is 1.22. The third-order valence-corrected chi connectivity index (χ3v) is 10.5. The standard InChI is InChI=1S/C25H27BrN6O2S/c26-23-22(8-5-16-9-11-31(12-10-16)35(33,34)19-6-7-19)30-25-20(15-29-32(25)24(23)27)18-13-17-3-1-2-4-21(17)28-14-18/h1-4,13-16,19H,5-12,27H2. The molecule has 3 aromatic heterocycles. The van der Waals surface area contributed by atoms with Gasteiger partial charge in [-0.15, -0.1) is 0 Å². The van der Waals surface area contributed by atoms with Gasteiger partial charge in [0.15, 0.2) is 5.65 Å². The van der Waals surface area contributed by atoms with Gasteiger partial charge in [0, 0.05) is 35.8 Å². The maximum atomic E-state index is 12.5. The predicted molar refractivity (Wildman–Crippen MR) is 140 cm³/mol. The number of hydrogen-bond acceptors (Lipinski definition) is 6. The van der Waals surface area contributed by atoms with Gasteiger partial charge >= 0.3 is 0 Å². The molecule has 2 N–H and O–H groups in total. The SMILES string of the molecule is Nc1c(Br)c(CCC2CCN(S(=O)(=O)C3CC3)CC2)nc2c(-c3cnc4ccccc4c3)cnn12. The van der Waals surface area contributed by atoms with E-state index in [1.807, 2.05) is 30.5 Å². The number of pyridine rings is 1. The average molecular weight is 556 g/mol. The Morgan fingerprint density at radius 1 is 1.09 bits per heavy atom. The highest BCUT2D eigenvalue weighted by Crippen LogP contribution is 2.35. The van der Waals surface area contributed by atoms with Gasteiger partial charge in [-0.05, 0) is 72.5 Å². The number of nitrogens with two attached hydrogens (primary N) is 1. The smallest absolute Gasteiger partial charge is 0.216 e. The van der Waals surface area contributed by atoms with Crippen LogP contribution in [0.4, 0.5) is 5.82 Å². The fourth-order valence-corrected chi connectivity index (χ4v) is 7.33. The molecule has 4 heterocycles. The van der Waals surface area contributed by atoms with Gasteiger partial charge in [0.1, 0.15) is 5.82 Å². The van der Waals surface area contributed by atoms with Gasteiger partial charge in [-0.25, -0.2) is 17.7 Å². The van der Waals surface area contributed by atoms with Crippen LogP contribution in [0, 0.1) is 5.92 Å². The van der Waals surface area contributed by atoms with Crippen molar-refractivity contribution >= 4 is 48.3 Å². The Morgan fingerprint density at radius 2 is 1.86 bits per heavy atom. The topological polar surface area (TPSA) is 106 Å². The number of aryl methyl sites for hydroxylation is 1. The van der Waals surface area contributed by atoms with Crippen LogP contribution in [0.15, 0.2) is 47.2 Å². The van der Waals surface area contributed by atoms with E-state index in [1.54, 1.807) is 15.0 Å². The minimum atomic E-state index is -3.07. The monoisotopic (exact) mass is 554 g/mol. The minimum absolute atomic E-state index is 0.128. The van der Waals surface area contributed by atoms with E-state index in [4.69, 9.17) is 10.7 Å². The molecule has 0 unspecified atom stereocenters. The van der Waals surface area contributed by atoms with Gasteiger partial charge in [0.05, 0.1) is 27.1 Å². The number of piperidine rings is 1. The molecule has 1 aliphatic heterocycles. The number of nitrogens with zero attached hydrogens (tertiary/aromatic N) is 5. The maximum Gasteiger partial charge on any atom is 0.216 e. The van der Waals surface area contributed by atoms with Crippen molar-refractivity contribution in [2.75, 3.05) is 18.8 Å². The molecule has 8 nitrogen and oxygen atoms in total. The van der Waals surface area contributed by atoms with Crippen LogP contribution >= 0.6 is 15.9 Å². The number of fused-ring (bicyclic) bond motifs is 2. The van der Waals surface area contributed by atoms with E-state index in [0.29, 0.717) is 30.5 Å². The molecule has 2 aliphatic rings. The lowest BCUT2D eigenvalue weighted by Crippen LogP contribution is -2.40. The van der Waals surface area contributed by atoms with E-state index in [0.717, 1.165) is 70.7 Å². The number of sulfonamides is 1. The summed E-state index contributed by atoms with van der Waals surface area (Å²) in [5, 5.41) is 5.42. The number of aromatic nitrogens is 4. The van der Waals surface area contributed by atoms with Gasteiger partial charge in [0.25, 0.3) is 0 Å². The lowest BCUT2D eigenvalue weighted by atomic mass is 9.92. The summed E-state index contributed by atoms with van der Waals surface area (Å²) in [5.41, 5.74) is 10.8. The second-order valence-electron chi connectivity index (χ2n) is 9.59. The summed E-state index contributed by atoms with van der Waals surface area (Å²) in [6.07, 6.45) is 8.76. The number of halogens is 1. The second kappa shape index (κ2) is 8.83. The lowest BCUT2D eigenvalue weighted by Gasteiger charge is -2.31. The zero-order chi connectivity index (χ0) is 24.2. The molecular weight excluding hydrogens is 528 g/mol. The number of benzene rings is 1. The fourth-order valence-electron chi connectivity index (χ4n) is 5.00. The van der Waals surface area contributed by atoms with Crippen molar-refractivity contribution in [1.29, 1.82) is 0 Å². The molecule has 10 heteroatoms. The molecule has 2 fully saturated rings. The van der Waals surface area contributed by atoms with Crippen LogP contribution in [0.3, 0.4) is 0 Å². The Labute approximate surface area is 212 Å². The molecule has 0 bridgehead atoms. The largest absolute Gasteiger partial charge is 0.383 e. The van der Waals surface area contributed by atoms with Gasteiger partial charge in [0.2, 0.25) is 10.0 Å². The summed E-state index contributed by atoms with van der Waals surface area (Å²) in [5.74, 6) is 0.996. The summed E-state index contributed by atoms with van der Waals surface area (Å²) >= 11 is 3.63. The predicted octanol–water partition coefficient (Wildman–Crippen LogP) is 4.43. The zero-order valence-electron chi connectivity index (χ0n) is 19.3. The normalized spacial score (nSPS) is 18.0. The van der Waals surface area contributed by atoms with Gasteiger partial charge < -0.3 is 5.73 Å². The number of hydrogen-bond donors (Lipinski definition) is 1. The zero-order valence-corrected chi connectivity index (χ0v) is 21.7. The molecule has 1 aliphatic carbocycles. The Kier molecular flexibility index (Phi) is 5.77. The first-order chi connectivity index (χ1) is 16.9. The fraction of sp³-hybridized carbons (Fsp3) is 0.400. The molecular formula is C25H27BrN6O2S. The van der Waals surface area contributed by atoms with E-state index in [1.165, 1.54) is 0 Å². The van der Waals surface area contributed by atoms with E-state index in [9.17, 15) is 8.42 Å². The van der Waals surface area contributed by atoms with Crippen molar-refractivity contribution in [2.45, 2.75) is 43.8 Å². The molecule has 4 aromatic rings. The summed E-state index contributed by atoms with van der Waals surface area (Å²) in [6, 6.07) is 10.1.